The number of likely N-dealkylation sites (tertiary alicyclic amines) is 1. The van der Waals surface area contributed by atoms with Gasteiger partial charge in [-0.25, -0.2) is 0 Å². The second kappa shape index (κ2) is 6.86. The lowest BCUT2D eigenvalue weighted by Crippen LogP contribution is -2.47. The molecule has 108 valence electrons. The maximum atomic E-state index is 12.2. The predicted octanol–water partition coefficient (Wildman–Crippen LogP) is -0.650. The zero-order valence-electron chi connectivity index (χ0n) is 11.5. The Bertz CT molecular complexity index is 329. The number of rotatable bonds is 3. The number of nitrogens with zero attached hydrogens (tertiary/aromatic N) is 1. The second-order valence-electron chi connectivity index (χ2n) is 5.19. The Balaban J connectivity index is 1.82. The van der Waals surface area contributed by atoms with Crippen molar-refractivity contribution in [2.75, 3.05) is 39.8 Å². The minimum atomic E-state index is -0.0619. The minimum absolute atomic E-state index is 0.0263. The van der Waals surface area contributed by atoms with Gasteiger partial charge in [-0.3, -0.25) is 9.59 Å². The molecule has 0 radical (unpaired) electrons. The molecule has 6 nitrogen and oxygen atoms in total. The van der Waals surface area contributed by atoms with Crippen LogP contribution >= 0.6 is 0 Å². The third-order valence-corrected chi connectivity index (χ3v) is 3.80. The Kier molecular flexibility index (Phi) is 5.15. The van der Waals surface area contributed by atoms with Gasteiger partial charge in [0.1, 0.15) is 0 Å². The molecule has 0 aromatic rings. The van der Waals surface area contributed by atoms with Crippen molar-refractivity contribution in [1.29, 1.82) is 0 Å². The lowest BCUT2D eigenvalue weighted by Gasteiger charge is -2.33. The van der Waals surface area contributed by atoms with E-state index in [0.717, 1.165) is 32.5 Å². The molecule has 2 amide bonds. The summed E-state index contributed by atoms with van der Waals surface area (Å²) in [5.74, 6) is 0.0727. The highest BCUT2D eigenvalue weighted by atomic mass is 16.5. The van der Waals surface area contributed by atoms with Gasteiger partial charge < -0.3 is 20.3 Å². The molecule has 0 aromatic carbocycles. The van der Waals surface area contributed by atoms with Crippen LogP contribution in [0.4, 0.5) is 0 Å². The third-order valence-electron chi connectivity index (χ3n) is 3.80. The van der Waals surface area contributed by atoms with E-state index >= 15 is 0 Å². The second-order valence-corrected chi connectivity index (χ2v) is 5.19. The zero-order chi connectivity index (χ0) is 13.7. The number of carbonyl (C=O) groups excluding carboxylic acids is 2. The van der Waals surface area contributed by atoms with Crippen LogP contribution in [0.5, 0.6) is 0 Å². The molecule has 2 unspecified atom stereocenters. The molecule has 0 aliphatic carbocycles. The first kappa shape index (κ1) is 14.3. The first-order valence-corrected chi connectivity index (χ1v) is 7.02. The standard InChI is InChI=1S/C13H23N3O3/c1-14-13(18)10-3-2-5-16(9-10)12(17)7-11-8-15-4-6-19-11/h10-11,15H,2-9H2,1H3,(H,14,18). The van der Waals surface area contributed by atoms with Crippen LogP contribution in [0.2, 0.25) is 0 Å². The average molecular weight is 269 g/mol. The van der Waals surface area contributed by atoms with E-state index in [-0.39, 0.29) is 23.8 Å². The first-order valence-electron chi connectivity index (χ1n) is 7.02. The van der Waals surface area contributed by atoms with Crippen molar-refractivity contribution >= 4 is 11.8 Å². The molecule has 2 fully saturated rings. The van der Waals surface area contributed by atoms with E-state index in [1.165, 1.54) is 0 Å². The lowest BCUT2D eigenvalue weighted by molar-refractivity contribution is -0.138. The van der Waals surface area contributed by atoms with Crippen LogP contribution < -0.4 is 10.6 Å². The molecule has 2 heterocycles. The summed E-state index contributed by atoms with van der Waals surface area (Å²) in [6.07, 6.45) is 2.15. The highest BCUT2D eigenvalue weighted by Crippen LogP contribution is 2.18. The quantitative estimate of drug-likeness (QED) is 0.714. The van der Waals surface area contributed by atoms with Crippen LogP contribution in [0.15, 0.2) is 0 Å². The zero-order valence-corrected chi connectivity index (χ0v) is 11.5. The topological polar surface area (TPSA) is 70.7 Å². The van der Waals surface area contributed by atoms with E-state index in [1.54, 1.807) is 11.9 Å². The molecular weight excluding hydrogens is 246 g/mol. The van der Waals surface area contributed by atoms with Crippen molar-refractivity contribution < 1.29 is 14.3 Å². The smallest absolute Gasteiger partial charge is 0.225 e. The molecule has 6 heteroatoms. The Hall–Kier alpha value is -1.14. The largest absolute Gasteiger partial charge is 0.375 e. The molecule has 0 bridgehead atoms. The number of carbonyl (C=O) groups is 2. The fraction of sp³-hybridized carbons (Fsp3) is 0.846. The number of piperidine rings is 1. The molecule has 19 heavy (non-hydrogen) atoms. The summed E-state index contributed by atoms with van der Waals surface area (Å²) in [6.45, 7) is 3.55. The van der Waals surface area contributed by atoms with Gasteiger partial charge in [-0.1, -0.05) is 0 Å². The molecule has 0 saturated carbocycles. The third kappa shape index (κ3) is 3.91. The molecule has 2 aliphatic rings. The van der Waals surface area contributed by atoms with Crippen molar-refractivity contribution in [3.05, 3.63) is 0 Å². The summed E-state index contributed by atoms with van der Waals surface area (Å²) in [5, 5.41) is 5.88. The van der Waals surface area contributed by atoms with E-state index < -0.39 is 0 Å². The number of hydrogen-bond donors (Lipinski definition) is 2. The van der Waals surface area contributed by atoms with E-state index in [1.807, 2.05) is 0 Å². The van der Waals surface area contributed by atoms with Crippen molar-refractivity contribution in [3.8, 4) is 0 Å². The van der Waals surface area contributed by atoms with Gasteiger partial charge in [0.15, 0.2) is 0 Å². The van der Waals surface area contributed by atoms with Gasteiger partial charge in [0.25, 0.3) is 0 Å². The van der Waals surface area contributed by atoms with Crippen LogP contribution in [0, 0.1) is 5.92 Å². The molecule has 2 aliphatic heterocycles. The molecular formula is C13H23N3O3. The van der Waals surface area contributed by atoms with Gasteiger partial charge >= 0.3 is 0 Å². The van der Waals surface area contributed by atoms with E-state index in [4.69, 9.17) is 4.74 Å². The Morgan fingerprint density at radius 3 is 3.00 bits per heavy atom. The molecule has 2 saturated heterocycles. The normalized spacial score (nSPS) is 27.9. The number of ether oxygens (including phenoxy) is 1. The number of hydrogen-bond acceptors (Lipinski definition) is 4. The summed E-state index contributed by atoms with van der Waals surface area (Å²) >= 11 is 0. The van der Waals surface area contributed by atoms with Gasteiger partial charge in [0.05, 0.1) is 25.0 Å². The Labute approximate surface area is 113 Å². The molecule has 2 atom stereocenters. The number of nitrogens with one attached hydrogen (secondary N) is 2. The maximum Gasteiger partial charge on any atom is 0.225 e. The maximum absolute atomic E-state index is 12.2. The first-order chi connectivity index (χ1) is 9.20. The number of morpholine rings is 1. The van der Waals surface area contributed by atoms with Gasteiger partial charge in [0.2, 0.25) is 11.8 Å². The molecule has 0 aromatic heterocycles. The summed E-state index contributed by atoms with van der Waals surface area (Å²) in [7, 11) is 1.64. The van der Waals surface area contributed by atoms with Crippen LogP contribution in [-0.2, 0) is 14.3 Å². The highest BCUT2D eigenvalue weighted by Gasteiger charge is 2.29. The summed E-state index contributed by atoms with van der Waals surface area (Å²) < 4.78 is 5.55. The SMILES string of the molecule is CNC(=O)C1CCCN(C(=O)CC2CNCCO2)C1. The van der Waals surface area contributed by atoms with E-state index in [9.17, 15) is 9.59 Å². The van der Waals surface area contributed by atoms with Gasteiger partial charge in [0, 0.05) is 33.2 Å². The fourth-order valence-corrected chi connectivity index (χ4v) is 2.70. The molecule has 2 N–H and O–H groups in total. The van der Waals surface area contributed by atoms with Crippen LogP contribution in [0.25, 0.3) is 0 Å². The van der Waals surface area contributed by atoms with Gasteiger partial charge in [-0.15, -0.1) is 0 Å². The van der Waals surface area contributed by atoms with Crippen LogP contribution in [0.3, 0.4) is 0 Å². The van der Waals surface area contributed by atoms with Gasteiger partial charge in [-0.05, 0) is 12.8 Å². The number of amides is 2. The molecule has 0 spiro atoms. The van der Waals surface area contributed by atoms with Crippen molar-refractivity contribution in [2.45, 2.75) is 25.4 Å². The van der Waals surface area contributed by atoms with Crippen molar-refractivity contribution in [3.63, 3.8) is 0 Å². The predicted molar refractivity (Wildman–Crippen MR) is 70.6 cm³/mol. The monoisotopic (exact) mass is 269 g/mol. The van der Waals surface area contributed by atoms with Crippen molar-refractivity contribution in [1.82, 2.24) is 15.5 Å². The highest BCUT2D eigenvalue weighted by molar-refractivity contribution is 5.81. The lowest BCUT2D eigenvalue weighted by atomic mass is 9.96. The van der Waals surface area contributed by atoms with Gasteiger partial charge in [-0.2, -0.15) is 0 Å². The van der Waals surface area contributed by atoms with E-state index in [0.29, 0.717) is 19.6 Å². The Morgan fingerprint density at radius 1 is 1.47 bits per heavy atom. The Morgan fingerprint density at radius 2 is 2.32 bits per heavy atom. The average Bonchev–Trinajstić information content (AvgIpc) is 2.47. The van der Waals surface area contributed by atoms with Crippen LogP contribution in [0.1, 0.15) is 19.3 Å². The summed E-state index contributed by atoms with van der Waals surface area (Å²) in [5.41, 5.74) is 0. The van der Waals surface area contributed by atoms with Crippen molar-refractivity contribution in [2.24, 2.45) is 5.92 Å². The summed E-state index contributed by atoms with van der Waals surface area (Å²) in [6, 6.07) is 0. The summed E-state index contributed by atoms with van der Waals surface area (Å²) in [4.78, 5) is 25.7. The fourth-order valence-electron chi connectivity index (χ4n) is 2.70. The minimum Gasteiger partial charge on any atom is -0.375 e. The van der Waals surface area contributed by atoms with Crippen LogP contribution in [-0.4, -0.2) is 62.7 Å². The van der Waals surface area contributed by atoms with E-state index in [2.05, 4.69) is 10.6 Å². The molecule has 2 rings (SSSR count).